The summed E-state index contributed by atoms with van der Waals surface area (Å²) in [7, 11) is -3.78. The lowest BCUT2D eigenvalue weighted by molar-refractivity contribution is -0.139. The van der Waals surface area contributed by atoms with Crippen LogP contribution in [0.15, 0.2) is 46.7 Å². The topological polar surface area (TPSA) is 92.3 Å². The molecule has 2 N–H and O–H groups in total. The molecule has 0 aliphatic heterocycles. The van der Waals surface area contributed by atoms with Gasteiger partial charge in [-0.3, -0.25) is 9.59 Å². The number of amides is 2. The van der Waals surface area contributed by atoms with Crippen molar-refractivity contribution in [2.45, 2.75) is 41.9 Å². The normalized spacial score (nSPS) is 15.9. The summed E-state index contributed by atoms with van der Waals surface area (Å²) in [5.74, 6) is -1.54. The van der Waals surface area contributed by atoms with Gasteiger partial charge in [0.05, 0.1) is 4.90 Å². The second kappa shape index (κ2) is 9.07. The summed E-state index contributed by atoms with van der Waals surface area (Å²) >= 11 is 7.14. The minimum absolute atomic E-state index is 0.0177. The fourth-order valence-corrected chi connectivity index (χ4v) is 6.12. The quantitative estimate of drug-likeness (QED) is 0.675. The summed E-state index contributed by atoms with van der Waals surface area (Å²) in [6, 6.07) is 9.36. The van der Waals surface area contributed by atoms with Crippen LogP contribution in [0.3, 0.4) is 0 Å². The highest BCUT2D eigenvalue weighted by atomic mass is 35.5. The number of nitrogens with one attached hydrogen (secondary N) is 2. The van der Waals surface area contributed by atoms with Gasteiger partial charge in [-0.05, 0) is 48.6 Å². The Morgan fingerprint density at radius 3 is 2.39 bits per heavy atom. The van der Waals surface area contributed by atoms with Crippen LogP contribution in [0.2, 0.25) is 5.02 Å². The van der Waals surface area contributed by atoms with Gasteiger partial charge in [0.15, 0.2) is 9.84 Å². The van der Waals surface area contributed by atoms with E-state index < -0.39 is 26.9 Å². The Labute approximate surface area is 173 Å². The molecular weight excluding hydrogens is 420 g/mol. The molecule has 1 atom stereocenters. The summed E-state index contributed by atoms with van der Waals surface area (Å²) in [6.45, 7) is -0.192. The van der Waals surface area contributed by atoms with E-state index in [1.165, 1.54) is 35.6 Å². The summed E-state index contributed by atoms with van der Waals surface area (Å²) in [6.07, 6.45) is 3.79. The first kappa shape index (κ1) is 20.8. The third kappa shape index (κ3) is 4.92. The van der Waals surface area contributed by atoms with Gasteiger partial charge in [0.1, 0.15) is 5.25 Å². The number of halogens is 1. The van der Waals surface area contributed by atoms with Crippen molar-refractivity contribution in [2.24, 2.45) is 0 Å². The van der Waals surface area contributed by atoms with Gasteiger partial charge in [-0.2, -0.15) is 0 Å². The van der Waals surface area contributed by atoms with Crippen molar-refractivity contribution < 1.29 is 18.0 Å². The van der Waals surface area contributed by atoms with E-state index in [4.69, 9.17) is 11.6 Å². The predicted octanol–water partition coefficient (Wildman–Crippen LogP) is 3.09. The molecule has 1 aromatic carbocycles. The molecule has 150 valence electrons. The molecule has 1 aliphatic carbocycles. The molecule has 1 aliphatic rings. The highest BCUT2D eigenvalue weighted by Crippen LogP contribution is 2.31. The molecule has 0 spiro atoms. The van der Waals surface area contributed by atoms with E-state index in [1.54, 1.807) is 17.5 Å². The Morgan fingerprint density at radius 1 is 1.11 bits per heavy atom. The molecule has 0 saturated heterocycles. The highest BCUT2D eigenvalue weighted by molar-refractivity contribution is 7.91. The van der Waals surface area contributed by atoms with Crippen molar-refractivity contribution in [1.29, 1.82) is 0 Å². The standard InChI is InChI=1S/C19H21ClN2O4S2/c20-13-7-9-15(10-8-13)28(25,26)17(16-6-3-11-27-16)12-21-18(23)19(24)22-14-4-1-2-5-14/h3,6-11,14,17H,1-2,4-5,12H2,(H,21,23)(H,22,24)/t17-/m0/s1. The molecule has 0 bridgehead atoms. The minimum Gasteiger partial charge on any atom is -0.346 e. The molecule has 1 saturated carbocycles. The molecule has 0 unspecified atom stereocenters. The maximum Gasteiger partial charge on any atom is 0.309 e. The first-order valence-electron chi connectivity index (χ1n) is 8.99. The van der Waals surface area contributed by atoms with Gasteiger partial charge < -0.3 is 10.6 Å². The van der Waals surface area contributed by atoms with Crippen LogP contribution in [0, 0.1) is 0 Å². The molecular formula is C19H21ClN2O4S2. The number of hydrogen-bond acceptors (Lipinski definition) is 5. The average Bonchev–Trinajstić information content (AvgIpc) is 3.36. The third-order valence-corrected chi connectivity index (χ3v) is 8.21. The molecule has 3 rings (SSSR count). The SMILES string of the molecule is O=C(NC[C@@H](c1cccs1)S(=O)(=O)c1ccc(Cl)cc1)C(=O)NC1CCCC1. The lowest BCUT2D eigenvalue weighted by atomic mass is 10.2. The highest BCUT2D eigenvalue weighted by Gasteiger charge is 2.31. The van der Waals surface area contributed by atoms with E-state index in [0.717, 1.165) is 25.7 Å². The summed E-state index contributed by atoms with van der Waals surface area (Å²) < 4.78 is 26.2. The van der Waals surface area contributed by atoms with Crippen LogP contribution in [-0.2, 0) is 19.4 Å². The average molecular weight is 441 g/mol. The van der Waals surface area contributed by atoms with Crippen molar-refractivity contribution in [1.82, 2.24) is 10.6 Å². The number of hydrogen-bond donors (Lipinski definition) is 2. The van der Waals surface area contributed by atoms with Gasteiger partial charge >= 0.3 is 11.8 Å². The molecule has 0 radical (unpaired) electrons. The molecule has 1 heterocycles. The predicted molar refractivity (Wildman–Crippen MR) is 109 cm³/mol. The summed E-state index contributed by atoms with van der Waals surface area (Å²) in [5, 5.41) is 6.40. The maximum absolute atomic E-state index is 13.1. The van der Waals surface area contributed by atoms with Crippen molar-refractivity contribution in [3.8, 4) is 0 Å². The monoisotopic (exact) mass is 440 g/mol. The van der Waals surface area contributed by atoms with Gasteiger partial charge in [-0.15, -0.1) is 11.3 Å². The van der Waals surface area contributed by atoms with E-state index in [9.17, 15) is 18.0 Å². The van der Waals surface area contributed by atoms with Crippen LogP contribution in [0.1, 0.15) is 35.8 Å². The Hall–Kier alpha value is -1.90. The first-order chi connectivity index (χ1) is 13.4. The number of benzene rings is 1. The molecule has 2 aromatic rings. The van der Waals surface area contributed by atoms with Crippen LogP contribution in [0.25, 0.3) is 0 Å². The van der Waals surface area contributed by atoms with Crippen molar-refractivity contribution >= 4 is 44.6 Å². The van der Waals surface area contributed by atoms with Crippen molar-refractivity contribution in [3.63, 3.8) is 0 Å². The molecule has 2 amide bonds. The number of rotatable bonds is 6. The van der Waals surface area contributed by atoms with Gasteiger partial charge in [-0.1, -0.05) is 30.5 Å². The zero-order valence-corrected chi connectivity index (χ0v) is 17.4. The molecule has 28 heavy (non-hydrogen) atoms. The molecule has 1 fully saturated rings. The molecule has 6 nitrogen and oxygen atoms in total. The van der Waals surface area contributed by atoms with E-state index in [-0.39, 0.29) is 17.5 Å². The first-order valence-corrected chi connectivity index (χ1v) is 11.8. The fraction of sp³-hybridized carbons (Fsp3) is 0.368. The van der Waals surface area contributed by atoms with Gasteiger partial charge in [0.25, 0.3) is 0 Å². The van der Waals surface area contributed by atoms with Crippen molar-refractivity contribution in [3.05, 3.63) is 51.7 Å². The van der Waals surface area contributed by atoms with E-state index >= 15 is 0 Å². The molecule has 1 aromatic heterocycles. The zero-order chi connectivity index (χ0) is 20.1. The van der Waals surface area contributed by atoms with Crippen LogP contribution in [-0.4, -0.2) is 32.8 Å². The number of sulfone groups is 1. The van der Waals surface area contributed by atoms with Gasteiger partial charge in [0, 0.05) is 22.5 Å². The minimum atomic E-state index is -3.78. The Balaban J connectivity index is 1.73. The lowest BCUT2D eigenvalue weighted by Crippen LogP contribution is -2.45. The number of thiophene rings is 1. The van der Waals surface area contributed by atoms with Crippen LogP contribution in [0.4, 0.5) is 0 Å². The van der Waals surface area contributed by atoms with Crippen molar-refractivity contribution in [2.75, 3.05) is 6.54 Å². The molecule has 9 heteroatoms. The van der Waals surface area contributed by atoms with Crippen LogP contribution >= 0.6 is 22.9 Å². The lowest BCUT2D eigenvalue weighted by Gasteiger charge is -2.18. The largest absolute Gasteiger partial charge is 0.346 e. The summed E-state index contributed by atoms with van der Waals surface area (Å²) in [5.41, 5.74) is 0. The van der Waals surface area contributed by atoms with E-state index in [0.29, 0.717) is 9.90 Å². The number of carbonyl (C=O) groups is 2. The smallest absolute Gasteiger partial charge is 0.309 e. The number of carbonyl (C=O) groups excluding carboxylic acids is 2. The Bertz CT molecular complexity index is 921. The maximum atomic E-state index is 13.1. The van der Waals surface area contributed by atoms with E-state index in [1.807, 2.05) is 0 Å². The van der Waals surface area contributed by atoms with Crippen LogP contribution < -0.4 is 10.6 Å². The van der Waals surface area contributed by atoms with Crippen LogP contribution in [0.5, 0.6) is 0 Å². The summed E-state index contributed by atoms with van der Waals surface area (Å²) in [4.78, 5) is 25.0. The van der Waals surface area contributed by atoms with Gasteiger partial charge in [0.2, 0.25) is 0 Å². The Kier molecular flexibility index (Phi) is 6.74. The van der Waals surface area contributed by atoms with E-state index in [2.05, 4.69) is 10.6 Å². The fourth-order valence-electron chi connectivity index (χ4n) is 3.21. The van der Waals surface area contributed by atoms with Gasteiger partial charge in [-0.25, -0.2) is 8.42 Å². The Morgan fingerprint density at radius 2 is 1.79 bits per heavy atom. The zero-order valence-electron chi connectivity index (χ0n) is 15.1. The third-order valence-electron chi connectivity index (χ3n) is 4.72. The second-order valence-corrected chi connectivity index (χ2v) is 10.2. The second-order valence-electron chi connectivity index (χ2n) is 6.67.